The molecule has 2 fully saturated rings. The Morgan fingerprint density at radius 2 is 2.16 bits per heavy atom. The minimum Gasteiger partial charge on any atom is -0.334 e. The summed E-state index contributed by atoms with van der Waals surface area (Å²) in [7, 11) is -3.32. The lowest BCUT2D eigenvalue weighted by atomic mass is 9.98. The number of aromatic nitrogens is 2. The Morgan fingerprint density at radius 3 is 2.94 bits per heavy atom. The number of amides is 1. The van der Waals surface area contributed by atoms with E-state index in [1.165, 1.54) is 22.1 Å². The maximum Gasteiger partial charge on any atom is 0.253 e. The zero-order valence-electron chi connectivity index (χ0n) is 17.0. The van der Waals surface area contributed by atoms with Crippen LogP contribution in [0.25, 0.3) is 17.5 Å². The van der Waals surface area contributed by atoms with Gasteiger partial charge in [-0.15, -0.1) is 11.8 Å². The first-order valence-electron chi connectivity index (χ1n) is 10.1. The Balaban J connectivity index is 1.51. The van der Waals surface area contributed by atoms with Crippen LogP contribution in [0.2, 0.25) is 0 Å². The van der Waals surface area contributed by atoms with Gasteiger partial charge in [0.15, 0.2) is 0 Å². The highest BCUT2D eigenvalue weighted by Crippen LogP contribution is 2.33. The van der Waals surface area contributed by atoms with Gasteiger partial charge in [0.05, 0.1) is 22.3 Å². The van der Waals surface area contributed by atoms with Crippen molar-refractivity contribution < 1.29 is 22.1 Å². The van der Waals surface area contributed by atoms with Crippen LogP contribution in [-0.2, 0) is 14.8 Å². The summed E-state index contributed by atoms with van der Waals surface area (Å²) >= 11 is 1.49. The quantitative estimate of drug-likeness (QED) is 0.668. The van der Waals surface area contributed by atoms with Gasteiger partial charge in [0, 0.05) is 31.5 Å². The van der Waals surface area contributed by atoms with Gasteiger partial charge in [-0.05, 0) is 31.9 Å². The maximum atomic E-state index is 14.0. The molecular weight excluding hydrogens is 443 g/mol. The number of hydrogen-bond donors (Lipinski definition) is 0. The summed E-state index contributed by atoms with van der Waals surface area (Å²) in [5, 5.41) is 4.51. The lowest BCUT2D eigenvalue weighted by Crippen LogP contribution is -2.46. The lowest BCUT2D eigenvalue weighted by Gasteiger charge is -2.33. The van der Waals surface area contributed by atoms with Crippen molar-refractivity contribution in [2.45, 2.75) is 19.8 Å². The van der Waals surface area contributed by atoms with Crippen LogP contribution in [0.4, 0.5) is 4.39 Å². The van der Waals surface area contributed by atoms with Crippen molar-refractivity contribution in [1.82, 2.24) is 19.3 Å². The van der Waals surface area contributed by atoms with Crippen molar-refractivity contribution in [3.05, 3.63) is 41.0 Å². The number of rotatable bonds is 5. The van der Waals surface area contributed by atoms with Crippen LogP contribution in [0, 0.1) is 11.7 Å². The molecule has 2 aliphatic heterocycles. The summed E-state index contributed by atoms with van der Waals surface area (Å²) in [6, 6.07) is 6.16. The van der Waals surface area contributed by atoms with Crippen molar-refractivity contribution in [3.8, 4) is 11.4 Å². The number of carbonyl (C=O) groups is 1. The van der Waals surface area contributed by atoms with Gasteiger partial charge in [0.1, 0.15) is 5.82 Å². The van der Waals surface area contributed by atoms with E-state index in [1.807, 2.05) is 0 Å². The number of nitrogens with zero attached hydrogens (tertiary/aromatic N) is 4. The molecule has 0 bridgehead atoms. The van der Waals surface area contributed by atoms with Crippen LogP contribution in [-0.4, -0.2) is 64.8 Å². The second-order valence-electron chi connectivity index (χ2n) is 7.35. The Labute approximate surface area is 184 Å². The van der Waals surface area contributed by atoms with Crippen LogP contribution < -0.4 is 0 Å². The van der Waals surface area contributed by atoms with Crippen LogP contribution in [0.5, 0.6) is 0 Å². The Hall–Kier alpha value is -2.24. The number of sulfonamides is 1. The fourth-order valence-electron chi connectivity index (χ4n) is 3.72. The number of piperidine rings is 1. The van der Waals surface area contributed by atoms with E-state index in [0.717, 1.165) is 5.75 Å². The molecule has 0 saturated carbocycles. The maximum absolute atomic E-state index is 14.0. The molecule has 2 aromatic rings. The van der Waals surface area contributed by atoms with Gasteiger partial charge in [0.25, 0.3) is 5.89 Å². The number of carbonyl (C=O) groups excluding carboxylic acids is 1. The van der Waals surface area contributed by atoms with E-state index >= 15 is 0 Å². The molecule has 3 heterocycles. The molecule has 0 radical (unpaired) electrons. The summed E-state index contributed by atoms with van der Waals surface area (Å²) in [5.41, 5.74) is 0.238. The van der Waals surface area contributed by atoms with Gasteiger partial charge in [-0.1, -0.05) is 17.3 Å². The molecule has 31 heavy (non-hydrogen) atoms. The topological polar surface area (TPSA) is 96.6 Å². The first-order valence-corrected chi connectivity index (χ1v) is 12.7. The summed E-state index contributed by atoms with van der Waals surface area (Å²) in [6.07, 6.45) is 2.93. The molecular formula is C20H23FN4O4S2. The molecule has 2 aliphatic rings. The smallest absolute Gasteiger partial charge is 0.253 e. The zero-order valence-corrected chi connectivity index (χ0v) is 18.7. The largest absolute Gasteiger partial charge is 0.334 e. The Kier molecular flexibility index (Phi) is 6.44. The molecule has 1 aromatic heterocycles. The highest BCUT2D eigenvalue weighted by Gasteiger charge is 2.36. The zero-order chi connectivity index (χ0) is 22.0. The molecule has 166 valence electrons. The monoisotopic (exact) mass is 466 g/mol. The van der Waals surface area contributed by atoms with E-state index in [-0.39, 0.29) is 41.4 Å². The summed E-state index contributed by atoms with van der Waals surface area (Å²) in [4.78, 5) is 19.1. The minimum atomic E-state index is -3.32. The van der Waals surface area contributed by atoms with Crippen LogP contribution in [0.1, 0.15) is 25.7 Å². The second kappa shape index (κ2) is 9.09. The highest BCUT2D eigenvalue weighted by molar-refractivity contribution is 8.03. The third-order valence-corrected chi connectivity index (χ3v) is 8.26. The van der Waals surface area contributed by atoms with Crippen molar-refractivity contribution in [1.29, 1.82) is 0 Å². The molecule has 0 aliphatic carbocycles. The molecule has 0 N–H and O–H groups in total. The van der Waals surface area contributed by atoms with E-state index in [1.54, 1.807) is 36.1 Å². The van der Waals surface area contributed by atoms with Crippen molar-refractivity contribution in [2.24, 2.45) is 5.92 Å². The molecule has 0 spiro atoms. The van der Waals surface area contributed by atoms with Gasteiger partial charge in [0.2, 0.25) is 21.8 Å². The fraction of sp³-hybridized carbons (Fsp3) is 0.450. The van der Waals surface area contributed by atoms with Gasteiger partial charge >= 0.3 is 0 Å². The molecule has 1 aromatic carbocycles. The summed E-state index contributed by atoms with van der Waals surface area (Å²) in [6.45, 7) is 2.80. The highest BCUT2D eigenvalue weighted by atomic mass is 32.2. The van der Waals surface area contributed by atoms with E-state index in [9.17, 15) is 17.6 Å². The molecule has 2 saturated heterocycles. The first-order chi connectivity index (χ1) is 14.9. The molecule has 11 heteroatoms. The average molecular weight is 467 g/mol. The van der Waals surface area contributed by atoms with E-state index in [2.05, 4.69) is 10.1 Å². The molecule has 8 nitrogen and oxygen atoms in total. The predicted molar refractivity (Wildman–Crippen MR) is 116 cm³/mol. The van der Waals surface area contributed by atoms with Gasteiger partial charge in [-0.2, -0.15) is 4.98 Å². The Bertz CT molecular complexity index is 1100. The van der Waals surface area contributed by atoms with Gasteiger partial charge < -0.3 is 9.42 Å². The third-order valence-electron chi connectivity index (χ3n) is 5.39. The number of thioether (sulfide) groups is 1. The molecule has 1 atom stereocenters. The van der Waals surface area contributed by atoms with Crippen LogP contribution in [0.15, 0.2) is 33.8 Å². The van der Waals surface area contributed by atoms with Crippen LogP contribution in [0.3, 0.4) is 0 Å². The van der Waals surface area contributed by atoms with E-state index < -0.39 is 15.8 Å². The first kappa shape index (κ1) is 22.0. The van der Waals surface area contributed by atoms with Crippen molar-refractivity contribution >= 4 is 33.8 Å². The normalized spacial score (nSPS) is 21.7. The molecule has 1 amide bonds. The van der Waals surface area contributed by atoms with Crippen LogP contribution >= 0.6 is 11.8 Å². The summed E-state index contributed by atoms with van der Waals surface area (Å²) in [5.74, 6) is 0.140. The minimum absolute atomic E-state index is 0.0279. The lowest BCUT2D eigenvalue weighted by molar-refractivity contribution is -0.133. The number of hydrogen-bond acceptors (Lipinski definition) is 7. The number of benzene rings is 1. The fourth-order valence-corrected chi connectivity index (χ4v) is 5.90. The van der Waals surface area contributed by atoms with E-state index in [4.69, 9.17) is 4.52 Å². The molecule has 0 unspecified atom stereocenters. The summed E-state index contributed by atoms with van der Waals surface area (Å²) < 4.78 is 45.1. The predicted octanol–water partition coefficient (Wildman–Crippen LogP) is 2.81. The second-order valence-corrected chi connectivity index (χ2v) is 10.7. The third kappa shape index (κ3) is 4.68. The van der Waals surface area contributed by atoms with Gasteiger partial charge in [-0.25, -0.2) is 17.1 Å². The van der Waals surface area contributed by atoms with Crippen molar-refractivity contribution in [3.63, 3.8) is 0 Å². The SMILES string of the molecule is CCS(=O)(=O)N1CCC[C@H](C(=O)N2CCS/C2=C/c2nc(-c3ccccc3F)no2)C1. The molecule has 4 rings (SSSR count). The van der Waals surface area contributed by atoms with Gasteiger partial charge in [-0.3, -0.25) is 4.79 Å². The number of halogens is 1. The van der Waals surface area contributed by atoms with Crippen molar-refractivity contribution in [2.75, 3.05) is 31.1 Å². The van der Waals surface area contributed by atoms with E-state index in [0.29, 0.717) is 31.0 Å². The average Bonchev–Trinajstić information content (AvgIpc) is 3.44. The Morgan fingerprint density at radius 1 is 1.35 bits per heavy atom. The standard InChI is InChI=1S/C20H23FN4O4S2/c1-2-31(27,28)24-9-5-6-14(13-24)20(26)25-10-11-30-18(25)12-17-22-19(23-29-17)15-7-3-4-8-16(15)21/h3-4,7-8,12,14H,2,5-6,9-11,13H2,1H3/b18-12+/t14-/m0/s1.